The molecule has 3 atom stereocenters. The molecule has 0 aliphatic carbocycles. The first-order valence-electron chi connectivity index (χ1n) is 9.26. The summed E-state index contributed by atoms with van der Waals surface area (Å²) in [5.41, 5.74) is 0.339. The summed E-state index contributed by atoms with van der Waals surface area (Å²) in [4.78, 5) is 24.3. The maximum Gasteiger partial charge on any atom is 0.319 e. The molecule has 9 heteroatoms. The highest BCUT2D eigenvalue weighted by atomic mass is 19.1. The van der Waals surface area contributed by atoms with Crippen molar-refractivity contribution < 1.29 is 28.2 Å². The number of amides is 3. The van der Waals surface area contributed by atoms with Gasteiger partial charge in [-0.1, -0.05) is 30.4 Å². The SMILES string of the molecule is O=C(C[C@H]1C=C[C@H](NC(=O)Nc2cc(F)ccc2F)[C@@H](CO)O1)Nc1ccccc1. The number of hydrogen-bond donors (Lipinski definition) is 4. The van der Waals surface area contributed by atoms with Gasteiger partial charge < -0.3 is 25.8 Å². The number of carbonyl (C=O) groups excluding carboxylic acids is 2. The van der Waals surface area contributed by atoms with Crippen molar-refractivity contribution >= 4 is 23.3 Å². The van der Waals surface area contributed by atoms with E-state index in [9.17, 15) is 23.5 Å². The molecule has 0 fully saturated rings. The van der Waals surface area contributed by atoms with E-state index in [1.807, 2.05) is 6.07 Å². The van der Waals surface area contributed by atoms with Gasteiger partial charge in [0.05, 0.1) is 30.9 Å². The lowest BCUT2D eigenvalue weighted by atomic mass is 10.0. The van der Waals surface area contributed by atoms with Crippen LogP contribution < -0.4 is 16.0 Å². The number of rotatable bonds is 6. The lowest BCUT2D eigenvalue weighted by Crippen LogP contribution is -2.50. The maximum absolute atomic E-state index is 13.7. The molecule has 158 valence electrons. The summed E-state index contributed by atoms with van der Waals surface area (Å²) in [6.45, 7) is -0.416. The molecule has 0 saturated heterocycles. The number of aliphatic hydroxyl groups is 1. The normalized spacial score (nSPS) is 20.4. The van der Waals surface area contributed by atoms with E-state index in [4.69, 9.17) is 4.74 Å². The Labute approximate surface area is 171 Å². The summed E-state index contributed by atoms with van der Waals surface area (Å²) in [6.07, 6.45) is 1.81. The quantitative estimate of drug-likeness (QED) is 0.543. The molecule has 7 nitrogen and oxygen atoms in total. The van der Waals surface area contributed by atoms with Gasteiger partial charge in [0, 0.05) is 11.8 Å². The summed E-state index contributed by atoms with van der Waals surface area (Å²) in [7, 11) is 0. The Morgan fingerprint density at radius 3 is 2.53 bits per heavy atom. The average Bonchev–Trinajstić information content (AvgIpc) is 2.72. The number of carbonyl (C=O) groups is 2. The Bertz CT molecular complexity index is 924. The number of nitrogens with one attached hydrogen (secondary N) is 3. The summed E-state index contributed by atoms with van der Waals surface area (Å²) in [6, 6.07) is 10.1. The molecule has 0 saturated carbocycles. The lowest BCUT2D eigenvalue weighted by Gasteiger charge is -2.31. The lowest BCUT2D eigenvalue weighted by molar-refractivity contribution is -0.120. The van der Waals surface area contributed by atoms with Crippen LogP contribution in [-0.2, 0) is 9.53 Å². The van der Waals surface area contributed by atoms with Crippen LogP contribution in [0.3, 0.4) is 0 Å². The minimum absolute atomic E-state index is 0.0231. The van der Waals surface area contributed by atoms with Crippen LogP contribution in [-0.4, -0.2) is 41.9 Å². The van der Waals surface area contributed by atoms with E-state index in [0.29, 0.717) is 5.69 Å². The predicted molar refractivity (Wildman–Crippen MR) is 107 cm³/mol. The third-order valence-electron chi connectivity index (χ3n) is 4.38. The summed E-state index contributed by atoms with van der Waals surface area (Å²) in [5, 5.41) is 17.1. The molecule has 2 aromatic carbocycles. The summed E-state index contributed by atoms with van der Waals surface area (Å²) in [5.74, 6) is -1.75. The van der Waals surface area contributed by atoms with E-state index in [1.54, 1.807) is 36.4 Å². The Hall–Kier alpha value is -3.30. The Kier molecular flexibility index (Phi) is 7.10. The second-order valence-corrected chi connectivity index (χ2v) is 6.65. The molecule has 30 heavy (non-hydrogen) atoms. The zero-order valence-corrected chi connectivity index (χ0v) is 15.8. The van der Waals surface area contributed by atoms with E-state index in [0.717, 1.165) is 18.2 Å². The largest absolute Gasteiger partial charge is 0.394 e. The Morgan fingerprint density at radius 2 is 1.80 bits per heavy atom. The third-order valence-corrected chi connectivity index (χ3v) is 4.38. The minimum Gasteiger partial charge on any atom is -0.394 e. The fraction of sp³-hybridized carbons (Fsp3) is 0.238. The molecule has 4 N–H and O–H groups in total. The summed E-state index contributed by atoms with van der Waals surface area (Å²) < 4.78 is 32.6. The fourth-order valence-corrected chi connectivity index (χ4v) is 2.96. The van der Waals surface area contributed by atoms with Gasteiger partial charge in [-0.2, -0.15) is 0 Å². The molecule has 0 bridgehead atoms. The fourth-order valence-electron chi connectivity index (χ4n) is 2.96. The zero-order chi connectivity index (χ0) is 21.5. The van der Waals surface area contributed by atoms with Crippen LogP contribution in [0.1, 0.15) is 6.42 Å². The van der Waals surface area contributed by atoms with Gasteiger partial charge >= 0.3 is 6.03 Å². The molecular weight excluding hydrogens is 396 g/mol. The minimum atomic E-state index is -0.812. The monoisotopic (exact) mass is 417 g/mol. The highest BCUT2D eigenvalue weighted by Crippen LogP contribution is 2.18. The molecule has 2 aromatic rings. The third kappa shape index (κ3) is 5.85. The number of aliphatic hydroxyl groups excluding tert-OH is 1. The molecule has 1 aliphatic rings. The van der Waals surface area contributed by atoms with Crippen LogP contribution in [0.25, 0.3) is 0 Å². The van der Waals surface area contributed by atoms with Gasteiger partial charge in [0.1, 0.15) is 17.7 Å². The number of anilines is 2. The van der Waals surface area contributed by atoms with Crippen LogP contribution in [0.2, 0.25) is 0 Å². The van der Waals surface area contributed by atoms with E-state index in [-0.39, 0.29) is 18.0 Å². The first-order chi connectivity index (χ1) is 14.4. The van der Waals surface area contributed by atoms with Crippen molar-refractivity contribution in [1.82, 2.24) is 5.32 Å². The van der Waals surface area contributed by atoms with Crippen molar-refractivity contribution in [3.63, 3.8) is 0 Å². The Balaban J connectivity index is 1.56. The molecule has 0 radical (unpaired) electrons. The molecule has 3 amide bonds. The van der Waals surface area contributed by atoms with E-state index in [1.165, 1.54) is 0 Å². The van der Waals surface area contributed by atoms with Gasteiger partial charge in [-0.25, -0.2) is 13.6 Å². The van der Waals surface area contributed by atoms with Crippen LogP contribution in [0.15, 0.2) is 60.7 Å². The first-order valence-corrected chi connectivity index (χ1v) is 9.26. The highest BCUT2D eigenvalue weighted by Gasteiger charge is 2.29. The molecule has 0 aromatic heterocycles. The number of hydrogen-bond acceptors (Lipinski definition) is 4. The number of benzene rings is 2. The van der Waals surface area contributed by atoms with Crippen molar-refractivity contribution in [2.45, 2.75) is 24.7 Å². The molecular formula is C21H21F2N3O4. The van der Waals surface area contributed by atoms with Gasteiger partial charge in [-0.05, 0) is 24.3 Å². The van der Waals surface area contributed by atoms with Crippen molar-refractivity contribution in [3.8, 4) is 0 Å². The average molecular weight is 417 g/mol. The second-order valence-electron chi connectivity index (χ2n) is 6.65. The number of halogens is 2. The van der Waals surface area contributed by atoms with Gasteiger partial charge in [-0.15, -0.1) is 0 Å². The van der Waals surface area contributed by atoms with Crippen molar-refractivity contribution in [2.75, 3.05) is 17.2 Å². The molecule has 0 unspecified atom stereocenters. The smallest absolute Gasteiger partial charge is 0.319 e. The second kappa shape index (κ2) is 9.95. The van der Waals surface area contributed by atoms with Gasteiger partial charge in [-0.3, -0.25) is 4.79 Å². The number of ether oxygens (including phenoxy) is 1. The number of para-hydroxylation sites is 1. The van der Waals surface area contributed by atoms with E-state index >= 15 is 0 Å². The zero-order valence-electron chi connectivity index (χ0n) is 15.8. The van der Waals surface area contributed by atoms with Gasteiger partial charge in [0.15, 0.2) is 0 Å². The van der Waals surface area contributed by atoms with E-state index in [2.05, 4.69) is 16.0 Å². The topological polar surface area (TPSA) is 99.7 Å². The van der Waals surface area contributed by atoms with Gasteiger partial charge in [0.25, 0.3) is 0 Å². The summed E-state index contributed by atoms with van der Waals surface area (Å²) >= 11 is 0. The standard InChI is InChI=1S/C21H21F2N3O4/c22-13-6-8-16(23)18(10-13)26-21(29)25-17-9-7-15(30-19(17)12-27)11-20(28)24-14-4-2-1-3-5-14/h1-10,15,17,19,27H,11-12H2,(H,24,28)(H2,25,26,29)/t15-,17+,19-/m1/s1. The van der Waals surface area contributed by atoms with Crippen LogP contribution in [0.5, 0.6) is 0 Å². The highest BCUT2D eigenvalue weighted by molar-refractivity contribution is 5.91. The Morgan fingerprint density at radius 1 is 1.03 bits per heavy atom. The van der Waals surface area contributed by atoms with Crippen LogP contribution in [0, 0.1) is 11.6 Å². The molecule has 1 aliphatic heterocycles. The van der Waals surface area contributed by atoms with E-state index < -0.39 is 42.5 Å². The number of urea groups is 1. The van der Waals surface area contributed by atoms with Crippen molar-refractivity contribution in [3.05, 3.63) is 72.3 Å². The van der Waals surface area contributed by atoms with Crippen LogP contribution >= 0.6 is 0 Å². The van der Waals surface area contributed by atoms with Crippen molar-refractivity contribution in [1.29, 1.82) is 0 Å². The first kappa shape index (κ1) is 21.4. The van der Waals surface area contributed by atoms with Crippen LogP contribution in [0.4, 0.5) is 25.0 Å². The predicted octanol–water partition coefficient (Wildman–Crippen LogP) is 2.80. The maximum atomic E-state index is 13.7. The van der Waals surface area contributed by atoms with Gasteiger partial charge in [0.2, 0.25) is 5.91 Å². The molecule has 0 spiro atoms. The molecule has 3 rings (SSSR count). The van der Waals surface area contributed by atoms with Crippen molar-refractivity contribution in [2.24, 2.45) is 0 Å². The molecule has 1 heterocycles.